The smallest absolute Gasteiger partial charge is 0.303 e. The van der Waals surface area contributed by atoms with Gasteiger partial charge in [-0.1, -0.05) is 57.5 Å². The number of aliphatic carboxylic acids is 1. The van der Waals surface area contributed by atoms with Crippen molar-refractivity contribution >= 4 is 35.3 Å². The molecule has 14 heteroatoms. The fourth-order valence-electron chi connectivity index (χ4n) is 4.37. The maximum absolute atomic E-state index is 13.4. The number of carbonyl (C=O) groups is 5. The van der Waals surface area contributed by atoms with Crippen molar-refractivity contribution < 1.29 is 29.1 Å². The number of carboxylic acid groups (broad SMARTS) is 1. The van der Waals surface area contributed by atoms with E-state index in [0.717, 1.165) is 5.56 Å². The van der Waals surface area contributed by atoms with Gasteiger partial charge in [0, 0.05) is 23.9 Å². The van der Waals surface area contributed by atoms with Gasteiger partial charge in [-0.2, -0.15) is 5.21 Å². The number of para-hydroxylation sites is 1. The van der Waals surface area contributed by atoms with Crippen molar-refractivity contribution in [1.82, 2.24) is 36.6 Å². The first kappa shape index (κ1) is 30.2. The summed E-state index contributed by atoms with van der Waals surface area (Å²) in [5, 5.41) is 30.4. The highest BCUT2D eigenvalue weighted by Crippen LogP contribution is 2.32. The van der Waals surface area contributed by atoms with Crippen LogP contribution in [0.2, 0.25) is 0 Å². The Morgan fingerprint density at radius 2 is 1.90 bits per heavy atom. The molecule has 0 bridgehead atoms. The van der Waals surface area contributed by atoms with Crippen LogP contribution in [0, 0.1) is 11.3 Å². The number of hydrogen-bond acceptors (Lipinski definition) is 8. The topological polar surface area (TPSA) is 199 Å². The van der Waals surface area contributed by atoms with Crippen LogP contribution in [0.4, 0.5) is 5.69 Å². The Balaban J connectivity index is 1.69. The molecule has 1 aliphatic heterocycles. The van der Waals surface area contributed by atoms with E-state index in [1.807, 2.05) is 19.1 Å². The molecule has 0 saturated carbocycles. The zero-order valence-corrected chi connectivity index (χ0v) is 23.1. The van der Waals surface area contributed by atoms with Gasteiger partial charge < -0.3 is 21.1 Å². The van der Waals surface area contributed by atoms with Crippen LogP contribution in [0.3, 0.4) is 0 Å². The number of rotatable bonds is 13. The third-order valence-electron chi connectivity index (χ3n) is 7.13. The van der Waals surface area contributed by atoms with Gasteiger partial charge in [0.05, 0.1) is 13.1 Å². The summed E-state index contributed by atoms with van der Waals surface area (Å²) in [6, 6.07) is 5.38. The maximum atomic E-state index is 13.4. The number of aromatic nitrogens is 4. The Bertz CT molecular complexity index is 1230. The molecule has 0 radical (unpaired) electrons. The number of H-pyrrole nitrogens is 1. The van der Waals surface area contributed by atoms with Gasteiger partial charge in [-0.15, -0.1) is 10.2 Å². The number of tetrazole rings is 1. The van der Waals surface area contributed by atoms with E-state index in [9.17, 15) is 24.0 Å². The summed E-state index contributed by atoms with van der Waals surface area (Å²) in [5.74, 6) is -2.88. The molecule has 4 amide bonds. The number of nitrogens with one attached hydrogen (secondary N) is 4. The minimum Gasteiger partial charge on any atom is -0.481 e. The monoisotopic (exact) mass is 556 g/mol. The molecule has 0 spiro atoms. The van der Waals surface area contributed by atoms with Crippen LogP contribution in [0.25, 0.3) is 0 Å². The quantitative estimate of drug-likeness (QED) is 0.230. The van der Waals surface area contributed by atoms with Crippen molar-refractivity contribution in [3.63, 3.8) is 0 Å². The molecule has 1 aromatic carbocycles. The lowest BCUT2D eigenvalue weighted by Crippen LogP contribution is -2.55. The van der Waals surface area contributed by atoms with Crippen LogP contribution in [-0.4, -0.2) is 74.0 Å². The van der Waals surface area contributed by atoms with E-state index < -0.39 is 53.6 Å². The van der Waals surface area contributed by atoms with E-state index in [4.69, 9.17) is 5.11 Å². The van der Waals surface area contributed by atoms with Crippen molar-refractivity contribution in [2.75, 3.05) is 11.4 Å². The largest absolute Gasteiger partial charge is 0.481 e. The van der Waals surface area contributed by atoms with Crippen molar-refractivity contribution in [3.8, 4) is 0 Å². The highest BCUT2D eigenvalue weighted by Gasteiger charge is 2.39. The van der Waals surface area contributed by atoms with Crippen LogP contribution >= 0.6 is 0 Å². The highest BCUT2D eigenvalue weighted by molar-refractivity contribution is 6.05. The number of hydrogen-bond donors (Lipinski definition) is 5. The molecule has 3 rings (SSSR count). The molecule has 3 atom stereocenters. The summed E-state index contributed by atoms with van der Waals surface area (Å²) in [7, 11) is 0. The molecule has 1 aliphatic rings. The normalized spacial score (nSPS) is 16.0. The average Bonchev–Trinajstić information content (AvgIpc) is 3.59. The van der Waals surface area contributed by atoms with Crippen LogP contribution in [0.15, 0.2) is 24.3 Å². The lowest BCUT2D eigenvalue weighted by molar-refractivity contribution is -0.139. The minimum atomic E-state index is -1.01. The van der Waals surface area contributed by atoms with Crippen LogP contribution in [0.1, 0.15) is 58.3 Å². The summed E-state index contributed by atoms with van der Waals surface area (Å²) in [6.45, 7) is 6.55. The number of anilines is 1. The molecule has 216 valence electrons. The standard InChI is InChI=1S/C26H36N8O6/c1-5-15(2)22(29-25(40)26(3,4)11-10-21(36)37)24(39)28-14-20(35)34-17-9-7-6-8-16(17)12-18(34)23(38)27-13-19-30-32-33-31-19/h6-9,15,18,22H,5,10-14H2,1-4H3,(H,27,38)(H,28,39)(H,29,40)(H,36,37)(H,30,31,32,33)/t15-,18-,22-/m0/s1. The molecule has 2 heterocycles. The van der Waals surface area contributed by atoms with E-state index in [0.29, 0.717) is 24.4 Å². The zero-order chi connectivity index (χ0) is 29.4. The van der Waals surface area contributed by atoms with E-state index >= 15 is 0 Å². The molecule has 5 N–H and O–H groups in total. The lowest BCUT2D eigenvalue weighted by atomic mass is 9.85. The third kappa shape index (κ3) is 7.39. The van der Waals surface area contributed by atoms with Crippen LogP contribution < -0.4 is 20.9 Å². The minimum absolute atomic E-state index is 0.0278. The molecule has 40 heavy (non-hydrogen) atoms. The summed E-state index contributed by atoms with van der Waals surface area (Å²) in [4.78, 5) is 64.9. The predicted octanol–water partition coefficient (Wildman–Crippen LogP) is 0.312. The molecule has 0 aliphatic carbocycles. The molecular formula is C26H36N8O6. The zero-order valence-electron chi connectivity index (χ0n) is 23.1. The van der Waals surface area contributed by atoms with Gasteiger partial charge in [0.25, 0.3) is 0 Å². The number of carbonyl (C=O) groups excluding carboxylic acids is 4. The Kier molecular flexibility index (Phi) is 9.91. The van der Waals surface area contributed by atoms with E-state index in [1.54, 1.807) is 32.9 Å². The van der Waals surface area contributed by atoms with Crippen molar-refractivity contribution in [2.45, 2.75) is 72.0 Å². The number of fused-ring (bicyclic) bond motifs is 1. The number of amides is 4. The van der Waals surface area contributed by atoms with Gasteiger partial charge in [0.1, 0.15) is 12.1 Å². The SMILES string of the molecule is CC[C@H](C)[C@H](NC(=O)C(C)(C)CCC(=O)O)C(=O)NCC(=O)N1c2ccccc2C[C@H]1C(=O)NCc1nn[nH]n1. The average molecular weight is 557 g/mol. The summed E-state index contributed by atoms with van der Waals surface area (Å²) in [6.07, 6.45) is 0.789. The summed E-state index contributed by atoms with van der Waals surface area (Å²) < 4.78 is 0. The molecular weight excluding hydrogens is 520 g/mol. The molecule has 2 aromatic rings. The fraction of sp³-hybridized carbons (Fsp3) is 0.538. The molecule has 14 nitrogen and oxygen atoms in total. The molecule has 1 aromatic heterocycles. The number of aromatic amines is 1. The van der Waals surface area contributed by atoms with E-state index in [-0.39, 0.29) is 25.3 Å². The second-order valence-electron chi connectivity index (χ2n) is 10.5. The lowest BCUT2D eigenvalue weighted by Gasteiger charge is -2.30. The highest BCUT2D eigenvalue weighted by atomic mass is 16.4. The van der Waals surface area contributed by atoms with Crippen molar-refractivity contribution in [1.29, 1.82) is 0 Å². The first-order valence-corrected chi connectivity index (χ1v) is 13.1. The first-order valence-electron chi connectivity index (χ1n) is 13.1. The van der Waals surface area contributed by atoms with Crippen molar-refractivity contribution in [2.24, 2.45) is 11.3 Å². The van der Waals surface area contributed by atoms with Gasteiger partial charge >= 0.3 is 5.97 Å². The molecule has 0 fully saturated rings. The fourth-order valence-corrected chi connectivity index (χ4v) is 4.37. The van der Waals surface area contributed by atoms with Gasteiger partial charge in [-0.25, -0.2) is 0 Å². The van der Waals surface area contributed by atoms with Gasteiger partial charge in [-0.05, 0) is 24.0 Å². The maximum Gasteiger partial charge on any atom is 0.303 e. The first-order chi connectivity index (χ1) is 18.9. The molecule has 0 saturated heterocycles. The number of carboxylic acids is 1. The Morgan fingerprint density at radius 3 is 2.55 bits per heavy atom. The second kappa shape index (κ2) is 13.1. The Labute approximate surface area is 231 Å². The van der Waals surface area contributed by atoms with E-state index in [1.165, 1.54) is 4.90 Å². The second-order valence-corrected chi connectivity index (χ2v) is 10.5. The van der Waals surface area contributed by atoms with Crippen molar-refractivity contribution in [3.05, 3.63) is 35.7 Å². The predicted molar refractivity (Wildman–Crippen MR) is 142 cm³/mol. The van der Waals surface area contributed by atoms with E-state index in [2.05, 4.69) is 36.6 Å². The summed E-state index contributed by atoms with van der Waals surface area (Å²) >= 11 is 0. The van der Waals surface area contributed by atoms with Gasteiger partial charge in [0.15, 0.2) is 5.82 Å². The number of benzene rings is 1. The third-order valence-corrected chi connectivity index (χ3v) is 7.13. The Morgan fingerprint density at radius 1 is 1.18 bits per heavy atom. The van der Waals surface area contributed by atoms with Gasteiger partial charge in [-0.3, -0.25) is 28.9 Å². The van der Waals surface area contributed by atoms with Gasteiger partial charge in [0.2, 0.25) is 23.6 Å². The molecule has 0 unspecified atom stereocenters. The van der Waals surface area contributed by atoms with Crippen LogP contribution in [-0.2, 0) is 36.9 Å². The number of nitrogens with zero attached hydrogens (tertiary/aromatic N) is 4. The van der Waals surface area contributed by atoms with Crippen LogP contribution in [0.5, 0.6) is 0 Å². The summed E-state index contributed by atoms with van der Waals surface area (Å²) in [5.41, 5.74) is 0.380. The Hall–Kier alpha value is -4.36.